The molecular formula is C15H10Cl2FNO2. The van der Waals surface area contributed by atoms with Gasteiger partial charge in [0.15, 0.2) is 6.61 Å². The normalized spacial score (nSPS) is 14.9. The minimum atomic E-state index is -0.689. The highest BCUT2D eigenvalue weighted by Gasteiger charge is 2.20. The SMILES string of the molecule is O=C1COc2ccc(C(Cl)c3ccc(Cl)cc3F)cc2N1. The third kappa shape index (κ3) is 2.82. The number of amides is 1. The quantitative estimate of drug-likeness (QED) is 0.843. The summed E-state index contributed by atoms with van der Waals surface area (Å²) < 4.78 is 19.2. The third-order valence-corrected chi connectivity index (χ3v) is 3.89. The molecule has 6 heteroatoms. The van der Waals surface area contributed by atoms with Crippen LogP contribution in [0, 0.1) is 5.82 Å². The minimum Gasteiger partial charge on any atom is -0.482 e. The molecule has 2 aromatic rings. The van der Waals surface area contributed by atoms with Crippen LogP contribution in [0.3, 0.4) is 0 Å². The maximum Gasteiger partial charge on any atom is 0.262 e. The second-order valence-corrected chi connectivity index (χ2v) is 5.49. The van der Waals surface area contributed by atoms with Gasteiger partial charge in [-0.1, -0.05) is 23.7 Å². The highest BCUT2D eigenvalue weighted by molar-refractivity contribution is 6.30. The fourth-order valence-corrected chi connectivity index (χ4v) is 2.62. The molecule has 1 atom stereocenters. The van der Waals surface area contributed by atoms with Crippen LogP contribution in [-0.2, 0) is 4.79 Å². The van der Waals surface area contributed by atoms with Crippen LogP contribution in [0.15, 0.2) is 36.4 Å². The van der Waals surface area contributed by atoms with Gasteiger partial charge in [0.25, 0.3) is 5.91 Å². The van der Waals surface area contributed by atoms with Gasteiger partial charge in [0.2, 0.25) is 0 Å². The predicted molar refractivity (Wildman–Crippen MR) is 79.7 cm³/mol. The number of carbonyl (C=O) groups is 1. The number of carbonyl (C=O) groups excluding carboxylic acids is 1. The van der Waals surface area contributed by atoms with Crippen molar-refractivity contribution < 1.29 is 13.9 Å². The molecular weight excluding hydrogens is 316 g/mol. The third-order valence-electron chi connectivity index (χ3n) is 3.16. The summed E-state index contributed by atoms with van der Waals surface area (Å²) in [6.45, 7) is -0.0114. The van der Waals surface area contributed by atoms with Crippen molar-refractivity contribution in [2.24, 2.45) is 0 Å². The van der Waals surface area contributed by atoms with Crippen LogP contribution in [0.5, 0.6) is 5.75 Å². The molecule has 21 heavy (non-hydrogen) atoms. The maximum atomic E-state index is 13.9. The van der Waals surface area contributed by atoms with E-state index in [1.165, 1.54) is 6.07 Å². The lowest BCUT2D eigenvalue weighted by Gasteiger charge is -2.20. The van der Waals surface area contributed by atoms with Crippen molar-refractivity contribution in [2.75, 3.05) is 11.9 Å². The van der Waals surface area contributed by atoms with E-state index in [1.54, 1.807) is 30.3 Å². The average Bonchev–Trinajstić information content (AvgIpc) is 2.46. The van der Waals surface area contributed by atoms with Gasteiger partial charge < -0.3 is 10.1 Å². The fourth-order valence-electron chi connectivity index (χ4n) is 2.14. The summed E-state index contributed by atoms with van der Waals surface area (Å²) >= 11 is 12.1. The summed E-state index contributed by atoms with van der Waals surface area (Å²) in [7, 11) is 0. The van der Waals surface area contributed by atoms with Gasteiger partial charge in [-0.15, -0.1) is 11.6 Å². The number of ether oxygens (including phenoxy) is 1. The molecule has 1 aliphatic rings. The van der Waals surface area contributed by atoms with E-state index >= 15 is 0 Å². The number of fused-ring (bicyclic) bond motifs is 1. The summed E-state index contributed by atoms with van der Waals surface area (Å²) in [5, 5.41) is 2.32. The number of alkyl halides is 1. The van der Waals surface area contributed by atoms with Crippen molar-refractivity contribution >= 4 is 34.8 Å². The first kappa shape index (κ1) is 14.2. The van der Waals surface area contributed by atoms with Crippen molar-refractivity contribution in [1.82, 2.24) is 0 Å². The smallest absolute Gasteiger partial charge is 0.262 e. The zero-order valence-electron chi connectivity index (χ0n) is 10.7. The number of nitrogens with one attached hydrogen (secondary N) is 1. The lowest BCUT2D eigenvalue weighted by Crippen LogP contribution is -2.25. The van der Waals surface area contributed by atoms with E-state index in [9.17, 15) is 9.18 Å². The van der Waals surface area contributed by atoms with E-state index in [0.29, 0.717) is 27.6 Å². The first-order valence-electron chi connectivity index (χ1n) is 6.20. The molecule has 1 N–H and O–H groups in total. The Morgan fingerprint density at radius 3 is 2.81 bits per heavy atom. The van der Waals surface area contributed by atoms with Crippen LogP contribution >= 0.6 is 23.2 Å². The maximum absolute atomic E-state index is 13.9. The Morgan fingerprint density at radius 2 is 2.05 bits per heavy atom. The van der Waals surface area contributed by atoms with Gasteiger partial charge in [-0.3, -0.25) is 4.79 Å². The van der Waals surface area contributed by atoms with E-state index in [0.717, 1.165) is 0 Å². The molecule has 0 saturated carbocycles. The number of rotatable bonds is 2. The molecule has 0 bridgehead atoms. The minimum absolute atomic E-state index is 0.0114. The molecule has 2 aromatic carbocycles. The summed E-state index contributed by atoms with van der Waals surface area (Å²) in [6.07, 6.45) is 0. The monoisotopic (exact) mass is 325 g/mol. The molecule has 0 aromatic heterocycles. The van der Waals surface area contributed by atoms with Crippen molar-refractivity contribution in [3.05, 3.63) is 58.4 Å². The highest BCUT2D eigenvalue weighted by atomic mass is 35.5. The van der Waals surface area contributed by atoms with Crippen LogP contribution in [0.1, 0.15) is 16.5 Å². The van der Waals surface area contributed by atoms with Gasteiger partial charge in [-0.25, -0.2) is 4.39 Å². The summed E-state index contributed by atoms with van der Waals surface area (Å²) in [6, 6.07) is 9.46. The summed E-state index contributed by atoms with van der Waals surface area (Å²) in [5.74, 6) is -0.136. The number of hydrogen-bond acceptors (Lipinski definition) is 2. The molecule has 1 aliphatic heterocycles. The first-order valence-corrected chi connectivity index (χ1v) is 7.01. The van der Waals surface area contributed by atoms with Gasteiger partial charge >= 0.3 is 0 Å². The topological polar surface area (TPSA) is 38.3 Å². The molecule has 0 aliphatic carbocycles. The van der Waals surface area contributed by atoms with E-state index in [1.807, 2.05) is 0 Å². The van der Waals surface area contributed by atoms with E-state index < -0.39 is 11.2 Å². The molecule has 0 radical (unpaired) electrons. The molecule has 1 heterocycles. The predicted octanol–water partition coefficient (Wildman–Crippen LogP) is 4.14. The van der Waals surface area contributed by atoms with Gasteiger partial charge in [0.05, 0.1) is 11.1 Å². The molecule has 0 fully saturated rings. The van der Waals surface area contributed by atoms with Gasteiger partial charge in [0.1, 0.15) is 11.6 Å². The number of halogens is 3. The van der Waals surface area contributed by atoms with E-state index in [2.05, 4.69) is 5.32 Å². The Bertz CT molecular complexity index is 721. The van der Waals surface area contributed by atoms with Crippen molar-refractivity contribution in [3.8, 4) is 5.75 Å². The zero-order chi connectivity index (χ0) is 15.0. The van der Waals surface area contributed by atoms with Crippen LogP contribution in [-0.4, -0.2) is 12.5 Å². The molecule has 3 rings (SSSR count). The molecule has 0 spiro atoms. The van der Waals surface area contributed by atoms with Crippen molar-refractivity contribution in [3.63, 3.8) is 0 Å². The lowest BCUT2D eigenvalue weighted by molar-refractivity contribution is -0.118. The average molecular weight is 326 g/mol. The largest absolute Gasteiger partial charge is 0.482 e. The van der Waals surface area contributed by atoms with Crippen LogP contribution in [0.4, 0.5) is 10.1 Å². The molecule has 0 saturated heterocycles. The van der Waals surface area contributed by atoms with Gasteiger partial charge in [-0.2, -0.15) is 0 Å². The Labute approximate surface area is 130 Å². The van der Waals surface area contributed by atoms with Gasteiger partial charge in [-0.05, 0) is 29.8 Å². The standard InChI is InChI=1S/C15H10Cl2FNO2/c16-9-2-3-10(11(18)6-9)15(17)8-1-4-13-12(5-8)19-14(20)7-21-13/h1-6,15H,7H2,(H,19,20). The Hall–Kier alpha value is -1.78. The molecule has 3 nitrogen and oxygen atoms in total. The number of hydrogen-bond donors (Lipinski definition) is 1. The van der Waals surface area contributed by atoms with E-state index in [-0.39, 0.29) is 12.5 Å². The lowest BCUT2D eigenvalue weighted by atomic mass is 10.0. The number of benzene rings is 2. The van der Waals surface area contributed by atoms with Crippen molar-refractivity contribution in [1.29, 1.82) is 0 Å². The number of anilines is 1. The molecule has 108 valence electrons. The Kier molecular flexibility index (Phi) is 3.74. The van der Waals surface area contributed by atoms with E-state index in [4.69, 9.17) is 27.9 Å². The summed E-state index contributed by atoms with van der Waals surface area (Å²) in [4.78, 5) is 11.3. The Morgan fingerprint density at radius 1 is 1.24 bits per heavy atom. The highest BCUT2D eigenvalue weighted by Crippen LogP contribution is 2.36. The summed E-state index contributed by atoms with van der Waals surface area (Å²) in [5.41, 5.74) is 1.51. The zero-order valence-corrected chi connectivity index (χ0v) is 12.2. The van der Waals surface area contributed by atoms with Gasteiger partial charge in [0, 0.05) is 10.6 Å². The van der Waals surface area contributed by atoms with Crippen LogP contribution < -0.4 is 10.1 Å². The Balaban J connectivity index is 1.96. The first-order chi connectivity index (χ1) is 10.0. The van der Waals surface area contributed by atoms with Crippen molar-refractivity contribution in [2.45, 2.75) is 5.38 Å². The van der Waals surface area contributed by atoms with Crippen LogP contribution in [0.25, 0.3) is 0 Å². The second-order valence-electron chi connectivity index (χ2n) is 4.62. The fraction of sp³-hybridized carbons (Fsp3) is 0.133. The second kappa shape index (κ2) is 5.54. The van der Waals surface area contributed by atoms with Crippen LogP contribution in [0.2, 0.25) is 5.02 Å². The molecule has 1 amide bonds. The molecule has 1 unspecified atom stereocenters.